The minimum absolute atomic E-state index is 0.483. The quantitative estimate of drug-likeness (QED) is 0.786. The summed E-state index contributed by atoms with van der Waals surface area (Å²) < 4.78 is 6.02. The predicted octanol–water partition coefficient (Wildman–Crippen LogP) is 4.56. The molecule has 1 heterocycles. The molecule has 2 aromatic carbocycles. The monoisotopic (exact) mass is 350 g/mol. The van der Waals surface area contributed by atoms with E-state index in [4.69, 9.17) is 4.74 Å². The van der Waals surface area contributed by atoms with Crippen LogP contribution in [0.4, 0.5) is 5.69 Å². The van der Waals surface area contributed by atoms with Gasteiger partial charge in [0.1, 0.15) is 0 Å². The molecule has 1 saturated carbocycles. The van der Waals surface area contributed by atoms with E-state index in [0.29, 0.717) is 6.10 Å². The lowest BCUT2D eigenvalue weighted by molar-refractivity contribution is 0.0457. The van der Waals surface area contributed by atoms with Gasteiger partial charge in [0.05, 0.1) is 12.7 Å². The second kappa shape index (κ2) is 8.24. The molecular weight excluding hydrogens is 320 g/mol. The smallest absolute Gasteiger partial charge is 0.0720 e. The Hall–Kier alpha value is -1.84. The molecule has 3 nitrogen and oxygen atoms in total. The third kappa shape index (κ3) is 4.28. The minimum atomic E-state index is 0.483. The van der Waals surface area contributed by atoms with E-state index in [-0.39, 0.29) is 0 Å². The zero-order valence-electron chi connectivity index (χ0n) is 15.9. The maximum absolute atomic E-state index is 6.02. The number of piperazine rings is 1. The van der Waals surface area contributed by atoms with Crippen LogP contribution in [0.25, 0.3) is 11.1 Å². The molecule has 1 aliphatic carbocycles. The average Bonchev–Trinajstić information content (AvgIpc) is 3.21. The fraction of sp³-hybridized carbons (Fsp3) is 0.478. The molecule has 0 aromatic heterocycles. The van der Waals surface area contributed by atoms with E-state index in [9.17, 15) is 0 Å². The third-order valence-electron chi connectivity index (χ3n) is 5.81. The van der Waals surface area contributed by atoms with Crippen LogP contribution in [0.15, 0.2) is 48.5 Å². The van der Waals surface area contributed by atoms with Crippen molar-refractivity contribution < 1.29 is 4.74 Å². The van der Waals surface area contributed by atoms with Crippen LogP contribution < -0.4 is 4.90 Å². The Morgan fingerprint density at radius 3 is 2.00 bits per heavy atom. The summed E-state index contributed by atoms with van der Waals surface area (Å²) in [5, 5.41) is 0. The van der Waals surface area contributed by atoms with Gasteiger partial charge in [0.2, 0.25) is 0 Å². The average molecular weight is 351 g/mol. The van der Waals surface area contributed by atoms with Crippen LogP contribution in [-0.4, -0.2) is 44.2 Å². The van der Waals surface area contributed by atoms with Crippen molar-refractivity contribution >= 4 is 5.69 Å². The van der Waals surface area contributed by atoms with E-state index in [0.717, 1.165) is 32.8 Å². The first-order valence-electron chi connectivity index (χ1n) is 10.0. The lowest BCUT2D eigenvalue weighted by Gasteiger charge is -2.34. The molecule has 2 fully saturated rings. The molecule has 0 unspecified atom stereocenters. The highest BCUT2D eigenvalue weighted by Crippen LogP contribution is 2.25. The highest BCUT2D eigenvalue weighted by atomic mass is 16.5. The first kappa shape index (κ1) is 17.6. The van der Waals surface area contributed by atoms with E-state index in [1.54, 1.807) is 0 Å². The fourth-order valence-electron chi connectivity index (χ4n) is 3.99. The summed E-state index contributed by atoms with van der Waals surface area (Å²) in [5.74, 6) is 0. The molecule has 138 valence electrons. The molecule has 0 N–H and O–H groups in total. The van der Waals surface area contributed by atoms with Crippen LogP contribution in [0.1, 0.15) is 31.2 Å². The number of hydrogen-bond acceptors (Lipinski definition) is 3. The summed E-state index contributed by atoms with van der Waals surface area (Å²) in [4.78, 5) is 4.87. The molecule has 0 spiro atoms. The van der Waals surface area contributed by atoms with Crippen LogP contribution in [0.5, 0.6) is 0 Å². The van der Waals surface area contributed by atoms with Crippen LogP contribution >= 0.6 is 0 Å². The Kier molecular flexibility index (Phi) is 5.57. The summed E-state index contributed by atoms with van der Waals surface area (Å²) in [6.45, 7) is 5.27. The van der Waals surface area contributed by atoms with Gasteiger partial charge in [-0.15, -0.1) is 0 Å². The lowest BCUT2D eigenvalue weighted by Crippen LogP contribution is -2.44. The van der Waals surface area contributed by atoms with Gasteiger partial charge in [-0.25, -0.2) is 0 Å². The highest BCUT2D eigenvalue weighted by Gasteiger charge is 2.15. The summed E-state index contributed by atoms with van der Waals surface area (Å²) in [6, 6.07) is 17.9. The fourth-order valence-corrected chi connectivity index (χ4v) is 3.99. The molecule has 2 aliphatic rings. The number of likely N-dealkylation sites (N-methyl/N-ethyl adjacent to an activating group) is 1. The Morgan fingerprint density at radius 1 is 0.808 bits per heavy atom. The van der Waals surface area contributed by atoms with Gasteiger partial charge in [0.25, 0.3) is 0 Å². The summed E-state index contributed by atoms with van der Waals surface area (Å²) in [6.07, 6.45) is 5.61. The molecule has 0 amide bonds. The molecule has 1 saturated heterocycles. The molecule has 2 aromatic rings. The SMILES string of the molecule is CN1CCN(c2ccc(-c3ccc(COC4CCCC4)cc3)cc2)CC1. The van der Waals surface area contributed by atoms with Gasteiger partial charge in [0, 0.05) is 31.9 Å². The van der Waals surface area contributed by atoms with Crippen molar-refractivity contribution in [1.82, 2.24) is 4.90 Å². The van der Waals surface area contributed by atoms with Gasteiger partial charge in [-0.2, -0.15) is 0 Å². The molecule has 3 heteroatoms. The number of rotatable bonds is 5. The second-order valence-electron chi connectivity index (χ2n) is 7.75. The largest absolute Gasteiger partial charge is 0.374 e. The Morgan fingerprint density at radius 2 is 1.38 bits per heavy atom. The van der Waals surface area contributed by atoms with Crippen molar-refractivity contribution in [3.05, 3.63) is 54.1 Å². The maximum atomic E-state index is 6.02. The summed E-state index contributed by atoms with van der Waals surface area (Å²) in [5.41, 5.74) is 5.17. The number of benzene rings is 2. The van der Waals surface area contributed by atoms with Crippen molar-refractivity contribution in [2.45, 2.75) is 38.4 Å². The topological polar surface area (TPSA) is 15.7 Å². The van der Waals surface area contributed by atoms with Crippen molar-refractivity contribution in [3.8, 4) is 11.1 Å². The molecule has 1 aliphatic heterocycles. The minimum Gasteiger partial charge on any atom is -0.374 e. The normalized spacial score (nSPS) is 19.2. The summed E-state index contributed by atoms with van der Waals surface area (Å²) in [7, 11) is 2.20. The Balaban J connectivity index is 1.36. The molecular formula is C23H30N2O. The summed E-state index contributed by atoms with van der Waals surface area (Å²) >= 11 is 0. The standard InChI is InChI=1S/C23H30N2O/c1-24-14-16-25(17-15-24)22-12-10-21(11-13-22)20-8-6-19(7-9-20)18-26-23-4-2-3-5-23/h6-13,23H,2-5,14-18H2,1H3. The number of nitrogens with zero attached hydrogens (tertiary/aromatic N) is 2. The van der Waals surface area contributed by atoms with Crippen LogP contribution in [0, 0.1) is 0 Å². The van der Waals surface area contributed by atoms with Crippen molar-refractivity contribution in [3.63, 3.8) is 0 Å². The zero-order valence-corrected chi connectivity index (χ0v) is 15.9. The highest BCUT2D eigenvalue weighted by molar-refractivity contribution is 5.66. The Labute approximate surface area is 157 Å². The lowest BCUT2D eigenvalue weighted by atomic mass is 10.0. The van der Waals surface area contributed by atoms with Crippen LogP contribution in [-0.2, 0) is 11.3 Å². The van der Waals surface area contributed by atoms with Gasteiger partial charge < -0.3 is 14.5 Å². The van der Waals surface area contributed by atoms with E-state index in [2.05, 4.69) is 65.4 Å². The van der Waals surface area contributed by atoms with Gasteiger partial charge in [-0.3, -0.25) is 0 Å². The third-order valence-corrected chi connectivity index (χ3v) is 5.81. The van der Waals surface area contributed by atoms with Gasteiger partial charge in [0.15, 0.2) is 0 Å². The number of ether oxygens (including phenoxy) is 1. The van der Waals surface area contributed by atoms with Crippen molar-refractivity contribution in [2.75, 3.05) is 38.1 Å². The zero-order chi connectivity index (χ0) is 17.8. The van der Waals surface area contributed by atoms with Gasteiger partial charge >= 0.3 is 0 Å². The van der Waals surface area contributed by atoms with E-state index >= 15 is 0 Å². The molecule has 0 bridgehead atoms. The number of hydrogen-bond donors (Lipinski definition) is 0. The van der Waals surface area contributed by atoms with Crippen LogP contribution in [0.2, 0.25) is 0 Å². The van der Waals surface area contributed by atoms with Gasteiger partial charge in [-0.05, 0) is 48.7 Å². The molecule has 4 rings (SSSR count). The molecule has 0 radical (unpaired) electrons. The van der Waals surface area contributed by atoms with Gasteiger partial charge in [-0.1, -0.05) is 49.2 Å². The van der Waals surface area contributed by atoms with Crippen molar-refractivity contribution in [2.24, 2.45) is 0 Å². The molecule has 26 heavy (non-hydrogen) atoms. The maximum Gasteiger partial charge on any atom is 0.0720 e. The number of anilines is 1. The van der Waals surface area contributed by atoms with E-state index in [1.165, 1.54) is 48.1 Å². The second-order valence-corrected chi connectivity index (χ2v) is 7.75. The van der Waals surface area contributed by atoms with E-state index in [1.807, 2.05) is 0 Å². The first-order chi connectivity index (χ1) is 12.8. The van der Waals surface area contributed by atoms with E-state index < -0.39 is 0 Å². The predicted molar refractivity (Wildman–Crippen MR) is 109 cm³/mol. The first-order valence-corrected chi connectivity index (χ1v) is 10.0. The van der Waals surface area contributed by atoms with Crippen LogP contribution in [0.3, 0.4) is 0 Å². The molecule has 0 atom stereocenters. The van der Waals surface area contributed by atoms with Crippen molar-refractivity contribution in [1.29, 1.82) is 0 Å². The Bertz CT molecular complexity index is 681.